The molecule has 0 rings (SSSR count). The third kappa shape index (κ3) is 4.06. The van der Waals surface area contributed by atoms with Crippen LogP contribution in [-0.2, 0) is 0 Å². The molecule has 0 radical (unpaired) electrons. The lowest BCUT2D eigenvalue weighted by atomic mass is 10.2. The quantitative estimate of drug-likeness (QED) is 0.562. The highest BCUT2D eigenvalue weighted by Crippen LogP contribution is 2.22. The third-order valence-corrected chi connectivity index (χ3v) is 1.02. The summed E-state index contributed by atoms with van der Waals surface area (Å²) in [5, 5.41) is 0. The monoisotopic (exact) mass is 138 g/mol. The summed E-state index contributed by atoms with van der Waals surface area (Å²) in [5.74, 6) is -2.73. The van der Waals surface area contributed by atoms with Crippen LogP contribution in [0.25, 0.3) is 0 Å². The molecule has 54 valence electrons. The van der Waals surface area contributed by atoms with Crippen molar-refractivity contribution in [3.05, 3.63) is 12.4 Å². The molecule has 0 fully saturated rings. The Hall–Kier alpha value is -0.470. The van der Waals surface area contributed by atoms with E-state index in [0.717, 1.165) is 6.08 Å². The molecule has 0 atom stereocenters. The first kappa shape index (κ1) is 8.53. The fraction of sp³-hybridized carbons (Fsp3) is 0.667. The number of rotatable bonds is 3. The van der Waals surface area contributed by atoms with Crippen LogP contribution in [0, 0.1) is 0 Å². The molecular formula is C6H9F3. The predicted octanol–water partition coefficient (Wildman–Crippen LogP) is 2.91. The summed E-state index contributed by atoms with van der Waals surface area (Å²) < 4.78 is 35.4. The van der Waals surface area contributed by atoms with Crippen molar-refractivity contribution in [1.82, 2.24) is 0 Å². The zero-order chi connectivity index (χ0) is 7.33. The van der Waals surface area contributed by atoms with Gasteiger partial charge in [0.25, 0.3) is 5.92 Å². The van der Waals surface area contributed by atoms with E-state index in [1.165, 1.54) is 6.92 Å². The first-order chi connectivity index (χ1) is 4.12. The molecule has 0 aromatic carbocycles. The van der Waals surface area contributed by atoms with Gasteiger partial charge in [-0.05, 0) is 0 Å². The summed E-state index contributed by atoms with van der Waals surface area (Å²) in [6.45, 7) is 1.37. The Balaban J connectivity index is 3.58. The van der Waals surface area contributed by atoms with Gasteiger partial charge in [0.05, 0.1) is 6.33 Å². The van der Waals surface area contributed by atoms with Gasteiger partial charge in [0.2, 0.25) is 0 Å². The molecule has 0 aliphatic rings. The lowest BCUT2D eigenvalue weighted by molar-refractivity contribution is 0.000336. The number of halogens is 3. The van der Waals surface area contributed by atoms with Gasteiger partial charge >= 0.3 is 0 Å². The lowest BCUT2D eigenvalue weighted by Gasteiger charge is -2.09. The van der Waals surface area contributed by atoms with Crippen molar-refractivity contribution in [3.8, 4) is 0 Å². The second-order valence-electron chi connectivity index (χ2n) is 1.78. The van der Waals surface area contributed by atoms with E-state index in [-0.39, 0.29) is 12.8 Å². The minimum absolute atomic E-state index is 0.142. The average Bonchev–Trinajstić information content (AvgIpc) is 1.84. The van der Waals surface area contributed by atoms with Crippen LogP contribution in [0.3, 0.4) is 0 Å². The van der Waals surface area contributed by atoms with Gasteiger partial charge in [0.1, 0.15) is 0 Å². The Kier molecular flexibility index (Phi) is 3.35. The summed E-state index contributed by atoms with van der Waals surface area (Å²) in [4.78, 5) is 0. The molecular weight excluding hydrogens is 129 g/mol. The van der Waals surface area contributed by atoms with E-state index in [0.29, 0.717) is 0 Å². The van der Waals surface area contributed by atoms with Gasteiger partial charge in [0.15, 0.2) is 0 Å². The molecule has 0 saturated heterocycles. The van der Waals surface area contributed by atoms with Gasteiger partial charge in [-0.3, -0.25) is 0 Å². The molecule has 3 heteroatoms. The summed E-state index contributed by atoms with van der Waals surface area (Å²) in [6.07, 6.45) is 0.227. The van der Waals surface area contributed by atoms with Gasteiger partial charge in [-0.2, -0.15) is 0 Å². The fourth-order valence-electron chi connectivity index (χ4n) is 0.361. The topological polar surface area (TPSA) is 0 Å². The number of hydrogen-bond acceptors (Lipinski definition) is 0. The van der Waals surface area contributed by atoms with Crippen molar-refractivity contribution >= 4 is 0 Å². The maximum Gasteiger partial charge on any atom is 0.251 e. The number of alkyl halides is 2. The van der Waals surface area contributed by atoms with E-state index in [1.54, 1.807) is 0 Å². The Morgan fingerprint density at radius 2 is 2.00 bits per heavy atom. The van der Waals surface area contributed by atoms with Gasteiger partial charge in [-0.1, -0.05) is 13.0 Å². The van der Waals surface area contributed by atoms with Crippen molar-refractivity contribution in [2.24, 2.45) is 0 Å². The van der Waals surface area contributed by atoms with Crippen LogP contribution in [0.15, 0.2) is 12.4 Å². The minimum Gasteiger partial charge on any atom is -0.216 e. The molecule has 0 aliphatic heterocycles. The zero-order valence-electron chi connectivity index (χ0n) is 5.20. The smallest absolute Gasteiger partial charge is 0.216 e. The van der Waals surface area contributed by atoms with Crippen molar-refractivity contribution in [2.75, 3.05) is 0 Å². The lowest BCUT2D eigenvalue weighted by Crippen LogP contribution is -2.11. The molecule has 0 bridgehead atoms. The second kappa shape index (κ2) is 3.54. The second-order valence-corrected chi connectivity index (χ2v) is 1.78. The molecule has 9 heavy (non-hydrogen) atoms. The SMILES string of the molecule is CCC(F)(F)C/C=C/F. The molecule has 0 nitrogen and oxygen atoms in total. The standard InChI is InChI=1S/C6H9F3/c1-2-6(8,9)4-3-5-7/h3,5H,2,4H2,1H3/b5-3+. The zero-order valence-corrected chi connectivity index (χ0v) is 5.20. The normalized spacial score (nSPS) is 12.9. The Morgan fingerprint density at radius 3 is 2.33 bits per heavy atom. The molecule has 0 saturated carbocycles. The van der Waals surface area contributed by atoms with Gasteiger partial charge in [-0.15, -0.1) is 0 Å². The molecule has 0 N–H and O–H groups in total. The molecule has 0 amide bonds. The largest absolute Gasteiger partial charge is 0.251 e. The van der Waals surface area contributed by atoms with E-state index < -0.39 is 12.3 Å². The summed E-state index contributed by atoms with van der Waals surface area (Å²) in [5.41, 5.74) is 0. The first-order valence-corrected chi connectivity index (χ1v) is 2.75. The van der Waals surface area contributed by atoms with Crippen molar-refractivity contribution in [2.45, 2.75) is 25.7 Å². The summed E-state index contributed by atoms with van der Waals surface area (Å²) in [7, 11) is 0. The first-order valence-electron chi connectivity index (χ1n) is 2.75. The van der Waals surface area contributed by atoms with Crippen LogP contribution in [0.2, 0.25) is 0 Å². The van der Waals surface area contributed by atoms with Crippen LogP contribution < -0.4 is 0 Å². The maximum atomic E-state index is 12.1. The van der Waals surface area contributed by atoms with Gasteiger partial charge in [0, 0.05) is 12.8 Å². The minimum atomic E-state index is -2.73. The molecule has 0 spiro atoms. The molecule has 0 unspecified atom stereocenters. The van der Waals surface area contributed by atoms with Crippen LogP contribution >= 0.6 is 0 Å². The van der Waals surface area contributed by atoms with E-state index in [4.69, 9.17) is 0 Å². The van der Waals surface area contributed by atoms with Crippen molar-refractivity contribution in [3.63, 3.8) is 0 Å². The van der Waals surface area contributed by atoms with E-state index in [1.807, 2.05) is 0 Å². The van der Waals surface area contributed by atoms with E-state index in [9.17, 15) is 13.2 Å². The van der Waals surface area contributed by atoms with Crippen molar-refractivity contribution in [1.29, 1.82) is 0 Å². The molecule has 0 aromatic heterocycles. The molecule has 0 aromatic rings. The maximum absolute atomic E-state index is 12.1. The summed E-state index contributed by atoms with van der Waals surface area (Å²) >= 11 is 0. The van der Waals surface area contributed by atoms with E-state index >= 15 is 0 Å². The van der Waals surface area contributed by atoms with E-state index in [2.05, 4.69) is 0 Å². The number of allylic oxidation sites excluding steroid dienone is 1. The molecule has 0 aliphatic carbocycles. The number of hydrogen-bond donors (Lipinski definition) is 0. The Bertz CT molecular complexity index is 96.5. The van der Waals surface area contributed by atoms with Crippen LogP contribution in [0.4, 0.5) is 13.2 Å². The van der Waals surface area contributed by atoms with Crippen molar-refractivity contribution < 1.29 is 13.2 Å². The average molecular weight is 138 g/mol. The summed E-state index contributed by atoms with van der Waals surface area (Å²) in [6, 6.07) is 0. The predicted molar refractivity (Wildman–Crippen MR) is 30.1 cm³/mol. The highest BCUT2D eigenvalue weighted by Gasteiger charge is 2.23. The third-order valence-electron chi connectivity index (χ3n) is 1.02. The Morgan fingerprint density at radius 1 is 1.44 bits per heavy atom. The fourth-order valence-corrected chi connectivity index (χ4v) is 0.361. The van der Waals surface area contributed by atoms with Gasteiger partial charge < -0.3 is 0 Å². The van der Waals surface area contributed by atoms with Crippen LogP contribution in [0.5, 0.6) is 0 Å². The van der Waals surface area contributed by atoms with Gasteiger partial charge in [-0.25, -0.2) is 13.2 Å². The molecule has 0 heterocycles. The Labute approximate surface area is 52.4 Å². The highest BCUT2D eigenvalue weighted by atomic mass is 19.3. The van der Waals surface area contributed by atoms with Crippen LogP contribution in [-0.4, -0.2) is 5.92 Å². The van der Waals surface area contributed by atoms with Crippen LogP contribution in [0.1, 0.15) is 19.8 Å². The highest BCUT2D eigenvalue weighted by molar-refractivity contribution is 4.80.